The molecule has 0 bridgehead atoms. The number of carbonyl (C=O) groups excluding carboxylic acids is 1. The molecule has 1 aliphatic heterocycles. The van der Waals surface area contributed by atoms with Crippen LogP contribution >= 0.6 is 0 Å². The third-order valence-corrected chi connectivity index (χ3v) is 5.39. The average Bonchev–Trinajstić information content (AvgIpc) is 2.39. The van der Waals surface area contributed by atoms with Gasteiger partial charge in [0.1, 0.15) is 0 Å². The molecule has 0 spiro atoms. The van der Waals surface area contributed by atoms with E-state index < -0.39 is 10.2 Å². The van der Waals surface area contributed by atoms with Crippen molar-refractivity contribution in [2.24, 2.45) is 5.92 Å². The van der Waals surface area contributed by atoms with Gasteiger partial charge in [-0.05, 0) is 18.8 Å². The number of likely N-dealkylation sites (N-methyl/N-ethyl adjacent to an activating group) is 1. The molecule has 0 aliphatic carbocycles. The van der Waals surface area contributed by atoms with Gasteiger partial charge in [0, 0.05) is 33.8 Å². The number of amides is 1. The first-order valence-electron chi connectivity index (χ1n) is 6.85. The normalized spacial score (nSPS) is 18.4. The van der Waals surface area contributed by atoms with E-state index in [9.17, 15) is 13.2 Å². The van der Waals surface area contributed by atoms with Gasteiger partial charge in [0.2, 0.25) is 5.91 Å². The van der Waals surface area contributed by atoms with E-state index in [4.69, 9.17) is 4.74 Å². The summed E-state index contributed by atoms with van der Waals surface area (Å²) in [4.78, 5) is 11.6. The fraction of sp³-hybridized carbons (Fsp3) is 0.917. The first-order valence-corrected chi connectivity index (χ1v) is 8.24. The van der Waals surface area contributed by atoms with Crippen molar-refractivity contribution in [1.29, 1.82) is 0 Å². The number of carbonyl (C=O) groups is 1. The van der Waals surface area contributed by atoms with Crippen LogP contribution < -0.4 is 5.32 Å². The Balaban J connectivity index is 2.48. The van der Waals surface area contributed by atoms with E-state index in [1.54, 1.807) is 7.11 Å². The van der Waals surface area contributed by atoms with E-state index in [2.05, 4.69) is 12.2 Å². The van der Waals surface area contributed by atoms with Gasteiger partial charge in [-0.15, -0.1) is 0 Å². The van der Waals surface area contributed by atoms with Gasteiger partial charge in [-0.2, -0.15) is 17.0 Å². The third-order valence-electron chi connectivity index (χ3n) is 3.46. The second kappa shape index (κ2) is 7.92. The van der Waals surface area contributed by atoms with Crippen molar-refractivity contribution in [2.45, 2.75) is 19.8 Å². The number of piperidine rings is 1. The van der Waals surface area contributed by atoms with Crippen LogP contribution in [0.4, 0.5) is 0 Å². The molecule has 0 atom stereocenters. The number of methoxy groups -OCH3 is 1. The van der Waals surface area contributed by atoms with Crippen LogP contribution in [-0.4, -0.2) is 69.9 Å². The van der Waals surface area contributed by atoms with Gasteiger partial charge in [0.25, 0.3) is 10.2 Å². The first kappa shape index (κ1) is 17.4. The van der Waals surface area contributed by atoms with Gasteiger partial charge in [0.15, 0.2) is 0 Å². The minimum atomic E-state index is -3.54. The highest BCUT2D eigenvalue weighted by Crippen LogP contribution is 2.19. The van der Waals surface area contributed by atoms with Crippen LogP contribution in [0.2, 0.25) is 0 Å². The molecule has 1 N–H and O–H groups in total. The minimum absolute atomic E-state index is 0.169. The summed E-state index contributed by atoms with van der Waals surface area (Å²) in [6.45, 7) is 3.80. The zero-order valence-corrected chi connectivity index (χ0v) is 13.3. The Morgan fingerprint density at radius 2 is 2.00 bits per heavy atom. The predicted molar refractivity (Wildman–Crippen MR) is 76.4 cm³/mol. The lowest BCUT2D eigenvalue weighted by atomic mass is 10.0. The second-order valence-corrected chi connectivity index (χ2v) is 7.22. The summed E-state index contributed by atoms with van der Waals surface area (Å²) in [7, 11) is -0.561. The van der Waals surface area contributed by atoms with Crippen LogP contribution in [0, 0.1) is 5.92 Å². The number of hydrogen-bond acceptors (Lipinski definition) is 4. The number of nitrogens with zero attached hydrogens (tertiary/aromatic N) is 2. The van der Waals surface area contributed by atoms with Crippen molar-refractivity contribution in [3.8, 4) is 0 Å². The molecule has 1 aliphatic rings. The van der Waals surface area contributed by atoms with E-state index >= 15 is 0 Å². The second-order valence-electron chi connectivity index (χ2n) is 5.19. The summed E-state index contributed by atoms with van der Waals surface area (Å²) >= 11 is 0. The number of hydrogen-bond donors (Lipinski definition) is 1. The standard InChI is InChI=1S/C12H25N3O4S/c1-11-4-7-15(8-5-11)20(17,18)14(2)10-12(16)13-6-9-19-3/h11H,4-10H2,1-3H3,(H,13,16). The fourth-order valence-corrected chi connectivity index (χ4v) is 3.39. The number of ether oxygens (including phenoxy) is 1. The predicted octanol–water partition coefficient (Wildman–Crippen LogP) is -0.342. The van der Waals surface area contributed by atoms with Crippen molar-refractivity contribution in [2.75, 3.05) is 46.9 Å². The van der Waals surface area contributed by atoms with Crippen molar-refractivity contribution >= 4 is 16.1 Å². The SMILES string of the molecule is COCCNC(=O)CN(C)S(=O)(=O)N1CCC(C)CC1. The van der Waals surface area contributed by atoms with E-state index in [-0.39, 0.29) is 12.5 Å². The molecule has 1 amide bonds. The molecule has 0 saturated carbocycles. The lowest BCUT2D eigenvalue weighted by molar-refractivity contribution is -0.121. The summed E-state index contributed by atoms with van der Waals surface area (Å²) in [6, 6.07) is 0. The summed E-state index contributed by atoms with van der Waals surface area (Å²) in [5, 5.41) is 2.61. The Labute approximate surface area is 121 Å². The Morgan fingerprint density at radius 3 is 2.55 bits per heavy atom. The maximum atomic E-state index is 12.3. The molecular formula is C12H25N3O4S. The van der Waals surface area contributed by atoms with Gasteiger partial charge in [-0.1, -0.05) is 6.92 Å². The van der Waals surface area contributed by atoms with Gasteiger partial charge in [-0.3, -0.25) is 4.79 Å². The molecule has 0 radical (unpaired) electrons. The summed E-state index contributed by atoms with van der Waals surface area (Å²) in [5.74, 6) is 0.239. The van der Waals surface area contributed by atoms with Gasteiger partial charge >= 0.3 is 0 Å². The molecule has 118 valence electrons. The molecule has 1 heterocycles. The highest BCUT2D eigenvalue weighted by molar-refractivity contribution is 7.86. The maximum absolute atomic E-state index is 12.3. The van der Waals surface area contributed by atoms with E-state index in [1.807, 2.05) is 0 Å². The molecule has 20 heavy (non-hydrogen) atoms. The highest BCUT2D eigenvalue weighted by Gasteiger charge is 2.30. The zero-order valence-electron chi connectivity index (χ0n) is 12.5. The Morgan fingerprint density at radius 1 is 1.40 bits per heavy atom. The van der Waals surface area contributed by atoms with Crippen LogP contribution in [0.3, 0.4) is 0 Å². The Hall–Kier alpha value is -0.700. The van der Waals surface area contributed by atoms with Crippen LogP contribution in [0.15, 0.2) is 0 Å². The lowest BCUT2D eigenvalue weighted by Crippen LogP contribution is -2.48. The van der Waals surface area contributed by atoms with Crippen molar-refractivity contribution in [1.82, 2.24) is 13.9 Å². The minimum Gasteiger partial charge on any atom is -0.383 e. The Kier molecular flexibility index (Phi) is 6.87. The van der Waals surface area contributed by atoms with Crippen molar-refractivity contribution in [3.05, 3.63) is 0 Å². The molecule has 1 rings (SSSR count). The fourth-order valence-electron chi connectivity index (χ4n) is 2.04. The van der Waals surface area contributed by atoms with Crippen molar-refractivity contribution < 1.29 is 17.9 Å². The smallest absolute Gasteiger partial charge is 0.282 e. The third kappa shape index (κ3) is 5.01. The maximum Gasteiger partial charge on any atom is 0.282 e. The van der Waals surface area contributed by atoms with E-state index in [1.165, 1.54) is 11.4 Å². The summed E-state index contributed by atoms with van der Waals surface area (Å²) in [6.07, 6.45) is 1.74. The van der Waals surface area contributed by atoms with Crippen LogP contribution in [0.1, 0.15) is 19.8 Å². The Bertz CT molecular complexity index is 405. The number of rotatable bonds is 7. The lowest BCUT2D eigenvalue weighted by Gasteiger charge is -2.32. The molecule has 8 heteroatoms. The molecule has 0 aromatic rings. The molecular weight excluding hydrogens is 282 g/mol. The highest BCUT2D eigenvalue weighted by atomic mass is 32.2. The summed E-state index contributed by atoms with van der Waals surface area (Å²) < 4.78 is 32.0. The monoisotopic (exact) mass is 307 g/mol. The molecule has 0 aromatic heterocycles. The summed E-state index contributed by atoms with van der Waals surface area (Å²) in [5.41, 5.74) is 0. The van der Waals surface area contributed by atoms with Crippen LogP contribution in [-0.2, 0) is 19.7 Å². The first-order chi connectivity index (χ1) is 9.37. The number of nitrogens with one attached hydrogen (secondary N) is 1. The van der Waals surface area contributed by atoms with Crippen LogP contribution in [0.5, 0.6) is 0 Å². The molecule has 7 nitrogen and oxygen atoms in total. The molecule has 0 unspecified atom stereocenters. The van der Waals surface area contributed by atoms with Gasteiger partial charge in [-0.25, -0.2) is 0 Å². The quantitative estimate of drug-likeness (QED) is 0.653. The van der Waals surface area contributed by atoms with E-state index in [0.29, 0.717) is 32.2 Å². The van der Waals surface area contributed by atoms with E-state index in [0.717, 1.165) is 17.1 Å². The molecule has 0 aromatic carbocycles. The van der Waals surface area contributed by atoms with Crippen molar-refractivity contribution in [3.63, 3.8) is 0 Å². The average molecular weight is 307 g/mol. The van der Waals surface area contributed by atoms with Crippen LogP contribution in [0.25, 0.3) is 0 Å². The van der Waals surface area contributed by atoms with Gasteiger partial charge in [0.05, 0.1) is 13.2 Å². The van der Waals surface area contributed by atoms with Gasteiger partial charge < -0.3 is 10.1 Å². The molecule has 1 saturated heterocycles. The largest absolute Gasteiger partial charge is 0.383 e. The topological polar surface area (TPSA) is 79.0 Å². The zero-order chi connectivity index (χ0) is 15.2. The molecule has 1 fully saturated rings.